The summed E-state index contributed by atoms with van der Waals surface area (Å²) in [4.78, 5) is 26.3. The van der Waals surface area contributed by atoms with E-state index in [9.17, 15) is 14.9 Å². The van der Waals surface area contributed by atoms with Crippen molar-refractivity contribution in [2.75, 3.05) is 0 Å². The fourth-order valence-corrected chi connectivity index (χ4v) is 1.91. The topological polar surface area (TPSA) is 81.8 Å². The van der Waals surface area contributed by atoms with E-state index in [1.54, 1.807) is 6.07 Å². The Hall–Kier alpha value is -2.54. The molecule has 0 bridgehead atoms. The molecule has 0 aromatic heterocycles. The van der Waals surface area contributed by atoms with Crippen molar-refractivity contribution in [3.63, 3.8) is 0 Å². The Labute approximate surface area is 128 Å². The highest BCUT2D eigenvalue weighted by molar-refractivity contribution is 9.10. The summed E-state index contributed by atoms with van der Waals surface area (Å²) in [6.07, 6.45) is 1.40. The van der Waals surface area contributed by atoms with Crippen LogP contribution in [-0.2, 0) is 4.84 Å². The average Bonchev–Trinajstić information content (AvgIpc) is 2.47. The van der Waals surface area contributed by atoms with Gasteiger partial charge < -0.3 is 4.84 Å². The standard InChI is InChI=1S/C14H9BrN2O4/c15-12-3-1-2-10(8-12)9-16-21-14(18)11-4-6-13(7-5-11)17(19)20/h1-9H/b16-9-. The van der Waals surface area contributed by atoms with Gasteiger partial charge in [0.2, 0.25) is 0 Å². The predicted molar refractivity (Wildman–Crippen MR) is 80.2 cm³/mol. The lowest BCUT2D eigenvalue weighted by Gasteiger charge is -1.98. The van der Waals surface area contributed by atoms with E-state index in [0.717, 1.165) is 10.0 Å². The molecule has 0 radical (unpaired) electrons. The molecule has 21 heavy (non-hydrogen) atoms. The second-order valence-corrected chi connectivity index (χ2v) is 4.89. The molecule has 0 amide bonds. The average molecular weight is 349 g/mol. The van der Waals surface area contributed by atoms with Gasteiger partial charge in [-0.25, -0.2) is 4.79 Å². The van der Waals surface area contributed by atoms with Crippen LogP contribution in [0.3, 0.4) is 0 Å². The van der Waals surface area contributed by atoms with Gasteiger partial charge >= 0.3 is 5.97 Å². The Kier molecular flexibility index (Phi) is 4.78. The Morgan fingerprint density at radius 3 is 2.57 bits per heavy atom. The first-order valence-electron chi connectivity index (χ1n) is 5.81. The predicted octanol–water partition coefficient (Wildman–Crippen LogP) is 3.55. The molecular formula is C14H9BrN2O4. The molecule has 0 saturated carbocycles. The molecule has 0 aliphatic heterocycles. The van der Waals surface area contributed by atoms with Crippen LogP contribution in [-0.4, -0.2) is 17.1 Å². The van der Waals surface area contributed by atoms with Crippen molar-refractivity contribution < 1.29 is 14.6 Å². The molecule has 0 N–H and O–H groups in total. The normalized spacial score (nSPS) is 10.5. The molecule has 6 nitrogen and oxygen atoms in total. The maximum Gasteiger partial charge on any atom is 0.365 e. The zero-order valence-electron chi connectivity index (χ0n) is 10.6. The quantitative estimate of drug-likeness (QED) is 0.366. The van der Waals surface area contributed by atoms with E-state index in [1.165, 1.54) is 30.5 Å². The highest BCUT2D eigenvalue weighted by Gasteiger charge is 2.10. The number of halogens is 1. The monoisotopic (exact) mass is 348 g/mol. The molecule has 0 aliphatic carbocycles. The summed E-state index contributed by atoms with van der Waals surface area (Å²) in [5.74, 6) is -0.684. The largest absolute Gasteiger partial charge is 0.365 e. The van der Waals surface area contributed by atoms with Gasteiger partial charge in [0.05, 0.1) is 16.7 Å². The molecule has 0 saturated heterocycles. The number of hydrogen-bond acceptors (Lipinski definition) is 5. The Morgan fingerprint density at radius 1 is 1.24 bits per heavy atom. The van der Waals surface area contributed by atoms with Crippen LogP contribution in [0.1, 0.15) is 15.9 Å². The minimum Gasteiger partial charge on any atom is -0.313 e. The van der Waals surface area contributed by atoms with Crippen molar-refractivity contribution in [1.29, 1.82) is 0 Å². The summed E-state index contributed by atoms with van der Waals surface area (Å²) in [7, 11) is 0. The Balaban J connectivity index is 2.00. The molecule has 0 unspecified atom stereocenters. The molecule has 0 aliphatic rings. The Bertz CT molecular complexity index is 698. The van der Waals surface area contributed by atoms with Gasteiger partial charge in [0, 0.05) is 16.6 Å². The summed E-state index contributed by atoms with van der Waals surface area (Å²) in [5, 5.41) is 14.1. The number of carbonyl (C=O) groups is 1. The first kappa shape index (κ1) is 14.9. The van der Waals surface area contributed by atoms with E-state index in [4.69, 9.17) is 4.84 Å². The van der Waals surface area contributed by atoms with Crippen LogP contribution in [0.2, 0.25) is 0 Å². The number of nitrogens with zero attached hydrogens (tertiary/aromatic N) is 2. The van der Waals surface area contributed by atoms with Crippen LogP contribution in [0.25, 0.3) is 0 Å². The van der Waals surface area contributed by atoms with E-state index < -0.39 is 10.9 Å². The number of oxime groups is 1. The molecule has 2 aromatic carbocycles. The van der Waals surface area contributed by atoms with Crippen LogP contribution in [0.5, 0.6) is 0 Å². The molecule has 2 aromatic rings. The molecule has 0 heterocycles. The van der Waals surface area contributed by atoms with Gasteiger partial charge in [0.15, 0.2) is 0 Å². The van der Waals surface area contributed by atoms with Gasteiger partial charge in [-0.05, 0) is 29.8 Å². The fourth-order valence-electron chi connectivity index (χ4n) is 1.49. The molecule has 106 valence electrons. The third kappa shape index (κ3) is 4.22. The van der Waals surface area contributed by atoms with Gasteiger partial charge in [-0.1, -0.05) is 33.2 Å². The molecule has 0 fully saturated rings. The summed E-state index contributed by atoms with van der Waals surface area (Å²) in [6, 6.07) is 12.4. The van der Waals surface area contributed by atoms with Crippen LogP contribution in [0.15, 0.2) is 58.2 Å². The molecule has 7 heteroatoms. The zero-order chi connectivity index (χ0) is 15.2. The number of non-ortho nitro benzene ring substituents is 1. The third-order valence-corrected chi connectivity index (χ3v) is 2.99. The number of nitro benzene ring substituents is 1. The SMILES string of the molecule is O=C(O/N=C\c1cccc(Br)c1)c1ccc([N+](=O)[O-])cc1. The van der Waals surface area contributed by atoms with E-state index in [2.05, 4.69) is 21.1 Å². The number of nitro groups is 1. The lowest BCUT2D eigenvalue weighted by atomic mass is 10.2. The van der Waals surface area contributed by atoms with Crippen molar-refractivity contribution in [3.8, 4) is 0 Å². The molecule has 2 rings (SSSR count). The third-order valence-electron chi connectivity index (χ3n) is 2.50. The highest BCUT2D eigenvalue weighted by Crippen LogP contribution is 2.13. The van der Waals surface area contributed by atoms with E-state index in [0.29, 0.717) is 0 Å². The number of rotatable bonds is 4. The maximum atomic E-state index is 11.7. The van der Waals surface area contributed by atoms with Gasteiger partial charge in [-0.15, -0.1) is 0 Å². The van der Waals surface area contributed by atoms with Crippen LogP contribution in [0.4, 0.5) is 5.69 Å². The zero-order valence-corrected chi connectivity index (χ0v) is 12.2. The van der Waals surface area contributed by atoms with Crippen LogP contribution >= 0.6 is 15.9 Å². The lowest BCUT2D eigenvalue weighted by molar-refractivity contribution is -0.384. The first-order chi connectivity index (χ1) is 10.1. The van der Waals surface area contributed by atoms with E-state index in [1.807, 2.05) is 18.2 Å². The van der Waals surface area contributed by atoms with Crippen molar-refractivity contribution >= 4 is 33.8 Å². The summed E-state index contributed by atoms with van der Waals surface area (Å²) >= 11 is 3.31. The van der Waals surface area contributed by atoms with Crippen molar-refractivity contribution in [1.82, 2.24) is 0 Å². The van der Waals surface area contributed by atoms with Gasteiger partial charge in [0.1, 0.15) is 0 Å². The van der Waals surface area contributed by atoms with E-state index >= 15 is 0 Å². The highest BCUT2D eigenvalue weighted by atomic mass is 79.9. The second-order valence-electron chi connectivity index (χ2n) is 3.97. The van der Waals surface area contributed by atoms with Crippen LogP contribution in [0, 0.1) is 10.1 Å². The van der Waals surface area contributed by atoms with Gasteiger partial charge in [-0.2, -0.15) is 0 Å². The van der Waals surface area contributed by atoms with Gasteiger partial charge in [0.25, 0.3) is 5.69 Å². The second kappa shape index (κ2) is 6.76. The maximum absolute atomic E-state index is 11.7. The molecular weight excluding hydrogens is 340 g/mol. The van der Waals surface area contributed by atoms with Gasteiger partial charge in [-0.3, -0.25) is 10.1 Å². The fraction of sp³-hybridized carbons (Fsp3) is 0. The van der Waals surface area contributed by atoms with Crippen LogP contribution < -0.4 is 0 Å². The first-order valence-corrected chi connectivity index (χ1v) is 6.60. The number of hydrogen-bond donors (Lipinski definition) is 0. The molecule has 0 spiro atoms. The van der Waals surface area contributed by atoms with E-state index in [-0.39, 0.29) is 11.3 Å². The number of benzene rings is 2. The van der Waals surface area contributed by atoms with Crippen molar-refractivity contribution in [3.05, 3.63) is 74.2 Å². The minimum absolute atomic E-state index is 0.0933. The summed E-state index contributed by atoms with van der Waals surface area (Å²) in [6.45, 7) is 0. The Morgan fingerprint density at radius 2 is 1.95 bits per heavy atom. The summed E-state index contributed by atoms with van der Waals surface area (Å²) < 4.78 is 0.883. The number of carbonyl (C=O) groups excluding carboxylic acids is 1. The summed E-state index contributed by atoms with van der Waals surface area (Å²) in [5.41, 5.74) is 0.858. The van der Waals surface area contributed by atoms with Crippen molar-refractivity contribution in [2.24, 2.45) is 5.16 Å². The molecule has 0 atom stereocenters. The van der Waals surface area contributed by atoms with Crippen molar-refractivity contribution in [2.45, 2.75) is 0 Å². The lowest BCUT2D eigenvalue weighted by Crippen LogP contribution is -2.01. The smallest absolute Gasteiger partial charge is 0.313 e. The minimum atomic E-state index is -0.684.